The Morgan fingerprint density at radius 1 is 1.16 bits per heavy atom. The van der Waals surface area contributed by atoms with Gasteiger partial charge in [0, 0.05) is 43.3 Å². The minimum Gasteiger partial charge on any atom is -0.350 e. The number of halogens is 1. The molecule has 2 aliphatic heterocycles. The zero-order valence-electron chi connectivity index (χ0n) is 26.0. The fourth-order valence-corrected chi connectivity index (χ4v) is 6.23. The van der Waals surface area contributed by atoms with Gasteiger partial charge in [0.1, 0.15) is 0 Å². The fourth-order valence-electron chi connectivity index (χ4n) is 6.23. The summed E-state index contributed by atoms with van der Waals surface area (Å²) < 4.78 is 15.4. The van der Waals surface area contributed by atoms with Crippen LogP contribution in [0.3, 0.4) is 0 Å². The number of carbonyl (C=O) groups excluding carboxylic acids is 1. The van der Waals surface area contributed by atoms with Crippen molar-refractivity contribution in [1.29, 1.82) is 0 Å². The maximum Gasteiger partial charge on any atom is 0.282 e. The topological polar surface area (TPSA) is 99.5 Å². The molecule has 0 aliphatic carbocycles. The molecule has 1 fully saturated rings. The van der Waals surface area contributed by atoms with Crippen LogP contribution >= 0.6 is 0 Å². The highest BCUT2D eigenvalue weighted by atomic mass is 19.1. The van der Waals surface area contributed by atoms with Gasteiger partial charge in [-0.15, -0.1) is 0 Å². The largest absolute Gasteiger partial charge is 0.350 e. The summed E-state index contributed by atoms with van der Waals surface area (Å²) in [5, 5.41) is 15.4. The lowest BCUT2D eigenvalue weighted by Crippen LogP contribution is -2.50. The van der Waals surface area contributed by atoms with E-state index in [1.807, 2.05) is 30.5 Å². The van der Waals surface area contributed by atoms with E-state index < -0.39 is 11.7 Å². The molecule has 0 radical (unpaired) electrons. The summed E-state index contributed by atoms with van der Waals surface area (Å²) in [5.41, 5.74) is 7.54. The Kier molecular flexibility index (Phi) is 8.11. The number of anilines is 2. The van der Waals surface area contributed by atoms with E-state index in [-0.39, 0.29) is 17.5 Å². The van der Waals surface area contributed by atoms with Crippen molar-refractivity contribution >= 4 is 23.5 Å². The first kappa shape index (κ1) is 29.7. The molecule has 6 rings (SSSR count). The first-order chi connectivity index (χ1) is 21.1. The molecule has 9 nitrogen and oxygen atoms in total. The predicted molar refractivity (Wildman–Crippen MR) is 172 cm³/mol. The van der Waals surface area contributed by atoms with Gasteiger partial charge in [-0.05, 0) is 66.8 Å². The van der Waals surface area contributed by atoms with Gasteiger partial charge in [0.15, 0.2) is 11.5 Å². The summed E-state index contributed by atoms with van der Waals surface area (Å²) >= 11 is 0. The number of rotatable bonds is 8. The highest BCUT2D eigenvalue weighted by molar-refractivity contribution is 5.91. The second kappa shape index (κ2) is 12.0. The van der Waals surface area contributed by atoms with Gasteiger partial charge in [0.2, 0.25) is 11.9 Å². The molecule has 1 amide bonds. The first-order valence-corrected chi connectivity index (χ1v) is 15.4. The van der Waals surface area contributed by atoms with Gasteiger partial charge < -0.3 is 20.9 Å². The summed E-state index contributed by atoms with van der Waals surface area (Å²) in [4.78, 5) is 23.6. The van der Waals surface area contributed by atoms with Crippen molar-refractivity contribution in [1.82, 2.24) is 29.8 Å². The standard InChI is InChI=1S/C34H41FN8O/c1-21(2)29-19-38-43-30(29)40-32(39-25-13-15-34(4,5)37-18-25)41-33(43)36-17-23-9-6-7-11-26(23)28-12-8-10-24-20-42(16-14-27(24)28)31(44)22(3)35/h6-12,19,21,25,37H,3,13-18,20H2,1-2,4-5H3,(H2,36,39,40,41). The number of hydrogen-bond donors (Lipinski definition) is 3. The van der Waals surface area contributed by atoms with Crippen LogP contribution in [0.1, 0.15) is 68.7 Å². The molecule has 4 aromatic rings. The van der Waals surface area contributed by atoms with Crippen LogP contribution in [0.5, 0.6) is 0 Å². The minimum atomic E-state index is -0.921. The highest BCUT2D eigenvalue weighted by Crippen LogP contribution is 2.33. The smallest absolute Gasteiger partial charge is 0.282 e. The quantitative estimate of drug-likeness (QED) is 0.220. The number of aromatic nitrogens is 4. The second-order valence-electron chi connectivity index (χ2n) is 12.8. The van der Waals surface area contributed by atoms with Gasteiger partial charge in [-0.2, -0.15) is 19.6 Å². The van der Waals surface area contributed by atoms with Crippen molar-refractivity contribution in [2.24, 2.45) is 0 Å². The lowest BCUT2D eigenvalue weighted by Gasteiger charge is -2.36. The van der Waals surface area contributed by atoms with Gasteiger partial charge in [0.25, 0.3) is 5.91 Å². The van der Waals surface area contributed by atoms with E-state index in [1.54, 1.807) is 4.52 Å². The zero-order chi connectivity index (χ0) is 31.0. The first-order valence-electron chi connectivity index (χ1n) is 15.4. The van der Waals surface area contributed by atoms with E-state index >= 15 is 0 Å². The molecule has 1 unspecified atom stereocenters. The number of carbonyl (C=O) groups is 1. The normalized spacial score (nSPS) is 17.9. The summed E-state index contributed by atoms with van der Waals surface area (Å²) in [6.45, 7) is 14.1. The monoisotopic (exact) mass is 596 g/mol. The number of fused-ring (bicyclic) bond motifs is 2. The van der Waals surface area contributed by atoms with Crippen LogP contribution in [0.4, 0.5) is 16.3 Å². The molecule has 0 bridgehead atoms. The second-order valence-corrected chi connectivity index (χ2v) is 12.8. The van der Waals surface area contributed by atoms with Crippen molar-refractivity contribution in [3.8, 4) is 11.1 Å². The maximum absolute atomic E-state index is 13.6. The van der Waals surface area contributed by atoms with Crippen LogP contribution in [-0.4, -0.2) is 55.1 Å². The maximum atomic E-state index is 13.6. The molecule has 2 aromatic heterocycles. The molecule has 0 spiro atoms. The van der Waals surface area contributed by atoms with E-state index in [2.05, 4.69) is 73.5 Å². The molecular formula is C34H41FN8O. The highest BCUT2D eigenvalue weighted by Gasteiger charge is 2.27. The lowest BCUT2D eigenvalue weighted by atomic mass is 9.88. The van der Waals surface area contributed by atoms with Crippen LogP contribution in [0.2, 0.25) is 0 Å². The third kappa shape index (κ3) is 6.04. The average molecular weight is 597 g/mol. The van der Waals surface area contributed by atoms with E-state index in [0.29, 0.717) is 38.0 Å². The number of nitrogens with one attached hydrogen (secondary N) is 3. The zero-order valence-corrected chi connectivity index (χ0v) is 26.0. The molecule has 0 saturated carbocycles. The van der Waals surface area contributed by atoms with Crippen LogP contribution in [0.25, 0.3) is 16.8 Å². The van der Waals surface area contributed by atoms with Crippen LogP contribution < -0.4 is 16.0 Å². The SMILES string of the molecule is C=C(F)C(=O)N1CCc2c(cccc2-c2ccccc2CNc2nc(NC3CCC(C)(C)NC3)nc3c(C(C)C)cnn23)C1. The summed E-state index contributed by atoms with van der Waals surface area (Å²) in [7, 11) is 0. The number of amides is 1. The summed E-state index contributed by atoms with van der Waals surface area (Å²) in [6, 6.07) is 14.7. The van der Waals surface area contributed by atoms with Gasteiger partial charge in [0.05, 0.1) is 6.20 Å². The van der Waals surface area contributed by atoms with Gasteiger partial charge >= 0.3 is 0 Å². The van der Waals surface area contributed by atoms with E-state index in [1.165, 1.54) is 10.5 Å². The fraction of sp³-hybridized carbons (Fsp3) is 0.412. The van der Waals surface area contributed by atoms with Crippen molar-refractivity contribution < 1.29 is 9.18 Å². The van der Waals surface area contributed by atoms with E-state index in [0.717, 1.165) is 52.9 Å². The molecule has 2 aliphatic rings. The van der Waals surface area contributed by atoms with Crippen molar-refractivity contribution in [3.05, 3.63) is 83.3 Å². The molecule has 230 valence electrons. The molecule has 10 heteroatoms. The van der Waals surface area contributed by atoms with Gasteiger partial charge in [-0.1, -0.05) is 62.9 Å². The average Bonchev–Trinajstić information content (AvgIpc) is 3.45. The predicted octanol–water partition coefficient (Wildman–Crippen LogP) is 5.84. The molecule has 44 heavy (non-hydrogen) atoms. The number of nitrogens with zero attached hydrogens (tertiary/aromatic N) is 5. The molecular weight excluding hydrogens is 555 g/mol. The molecule has 2 aromatic carbocycles. The van der Waals surface area contributed by atoms with Crippen molar-refractivity contribution in [2.45, 2.75) is 77.5 Å². The van der Waals surface area contributed by atoms with Crippen LogP contribution in [0.15, 0.2) is 61.1 Å². The van der Waals surface area contributed by atoms with Gasteiger partial charge in [-0.25, -0.2) is 4.39 Å². The number of piperidine rings is 1. The van der Waals surface area contributed by atoms with Crippen molar-refractivity contribution in [2.75, 3.05) is 23.7 Å². The minimum absolute atomic E-state index is 0.137. The van der Waals surface area contributed by atoms with E-state index in [4.69, 9.17) is 9.97 Å². The Labute approximate surface area is 258 Å². The molecule has 4 heterocycles. The third-order valence-corrected chi connectivity index (χ3v) is 8.83. The Morgan fingerprint density at radius 2 is 1.95 bits per heavy atom. The molecule has 3 N–H and O–H groups in total. The lowest BCUT2D eigenvalue weighted by molar-refractivity contribution is -0.129. The van der Waals surface area contributed by atoms with Crippen LogP contribution in [0, 0.1) is 0 Å². The Hall–Kier alpha value is -4.31. The van der Waals surface area contributed by atoms with E-state index in [9.17, 15) is 9.18 Å². The Morgan fingerprint density at radius 3 is 2.70 bits per heavy atom. The molecule has 1 saturated heterocycles. The van der Waals surface area contributed by atoms with Gasteiger partial charge in [-0.3, -0.25) is 4.79 Å². The van der Waals surface area contributed by atoms with Crippen LogP contribution in [-0.2, 0) is 24.3 Å². The summed E-state index contributed by atoms with van der Waals surface area (Å²) in [5.74, 6) is -0.0819. The Bertz CT molecular complexity index is 1700. The number of benzene rings is 2. The summed E-state index contributed by atoms with van der Waals surface area (Å²) in [6.07, 6.45) is 4.63. The van der Waals surface area contributed by atoms with Crippen molar-refractivity contribution in [3.63, 3.8) is 0 Å². The third-order valence-electron chi connectivity index (χ3n) is 8.83. The Balaban J connectivity index is 1.28. The molecule has 1 atom stereocenters. The number of hydrogen-bond acceptors (Lipinski definition) is 7.